The first-order valence-electron chi connectivity index (χ1n) is 5.54. The van der Waals surface area contributed by atoms with Crippen LogP contribution in [-0.4, -0.2) is 15.0 Å². The van der Waals surface area contributed by atoms with Crippen LogP contribution >= 0.6 is 11.6 Å². The fraction of sp³-hybridized carbons (Fsp3) is 0.308. The van der Waals surface area contributed by atoms with Crippen LogP contribution in [-0.2, 0) is 0 Å². The quantitative estimate of drug-likeness (QED) is 0.761. The molecule has 0 N–H and O–H groups in total. The van der Waals surface area contributed by atoms with Gasteiger partial charge in [0, 0.05) is 23.1 Å². The van der Waals surface area contributed by atoms with Crippen molar-refractivity contribution in [3.05, 3.63) is 40.9 Å². The maximum Gasteiger partial charge on any atom is 0.162 e. The first-order chi connectivity index (χ1) is 8.06. The van der Waals surface area contributed by atoms with Gasteiger partial charge in [-0.3, -0.25) is 4.98 Å². The number of hydrogen-bond acceptors (Lipinski definition) is 3. The van der Waals surface area contributed by atoms with Crippen molar-refractivity contribution in [2.24, 2.45) is 0 Å². The van der Waals surface area contributed by atoms with Crippen molar-refractivity contribution in [2.75, 3.05) is 0 Å². The average molecular weight is 248 g/mol. The van der Waals surface area contributed by atoms with E-state index in [4.69, 9.17) is 11.6 Å². The molecule has 88 valence electrons. The molecule has 0 aromatic carbocycles. The molecule has 4 heteroatoms. The van der Waals surface area contributed by atoms with Crippen LogP contribution in [0.2, 0.25) is 5.15 Å². The lowest BCUT2D eigenvalue weighted by molar-refractivity contribution is 0.816. The fourth-order valence-corrected chi connectivity index (χ4v) is 1.65. The van der Waals surface area contributed by atoms with Gasteiger partial charge in [0.15, 0.2) is 5.82 Å². The Morgan fingerprint density at radius 3 is 2.53 bits per heavy atom. The summed E-state index contributed by atoms with van der Waals surface area (Å²) >= 11 is 6.00. The number of aromatic nitrogens is 3. The van der Waals surface area contributed by atoms with Gasteiger partial charge in [-0.25, -0.2) is 9.97 Å². The smallest absolute Gasteiger partial charge is 0.162 e. The van der Waals surface area contributed by atoms with Crippen LogP contribution in [0.15, 0.2) is 24.4 Å². The van der Waals surface area contributed by atoms with E-state index < -0.39 is 0 Å². The summed E-state index contributed by atoms with van der Waals surface area (Å²) in [6.07, 6.45) is 1.77. The van der Waals surface area contributed by atoms with E-state index in [0.717, 1.165) is 17.0 Å². The van der Waals surface area contributed by atoms with Gasteiger partial charge in [0.1, 0.15) is 5.15 Å². The molecule has 0 amide bonds. The lowest BCUT2D eigenvalue weighted by atomic mass is 10.1. The Morgan fingerprint density at radius 1 is 1.18 bits per heavy atom. The number of rotatable bonds is 2. The molecule has 2 aromatic rings. The Kier molecular flexibility index (Phi) is 3.38. The summed E-state index contributed by atoms with van der Waals surface area (Å²) < 4.78 is 0. The molecule has 0 bridgehead atoms. The number of halogens is 1. The highest BCUT2D eigenvalue weighted by molar-refractivity contribution is 6.29. The summed E-state index contributed by atoms with van der Waals surface area (Å²) in [5.41, 5.74) is 2.81. The molecule has 0 atom stereocenters. The van der Waals surface area contributed by atoms with Crippen molar-refractivity contribution < 1.29 is 0 Å². The highest BCUT2D eigenvalue weighted by Gasteiger charge is 2.08. The van der Waals surface area contributed by atoms with E-state index in [1.54, 1.807) is 12.3 Å². The van der Waals surface area contributed by atoms with Crippen LogP contribution in [0.1, 0.15) is 31.2 Å². The number of hydrogen-bond donors (Lipinski definition) is 0. The Bertz CT molecular complexity index is 521. The van der Waals surface area contributed by atoms with Crippen molar-refractivity contribution in [2.45, 2.75) is 26.7 Å². The maximum absolute atomic E-state index is 6.00. The van der Waals surface area contributed by atoms with Crippen molar-refractivity contribution in [3.63, 3.8) is 0 Å². The zero-order valence-electron chi connectivity index (χ0n) is 10.1. The summed E-state index contributed by atoms with van der Waals surface area (Å²) in [5.74, 6) is 0.960. The van der Waals surface area contributed by atoms with Gasteiger partial charge in [0.05, 0.1) is 0 Å². The monoisotopic (exact) mass is 247 g/mol. The third-order valence-corrected chi connectivity index (χ3v) is 2.67. The third-order valence-electron chi connectivity index (χ3n) is 2.48. The van der Waals surface area contributed by atoms with Crippen LogP contribution in [0.5, 0.6) is 0 Å². The zero-order chi connectivity index (χ0) is 12.4. The molecule has 0 unspecified atom stereocenters. The molecule has 0 saturated heterocycles. The van der Waals surface area contributed by atoms with E-state index >= 15 is 0 Å². The van der Waals surface area contributed by atoms with Crippen molar-refractivity contribution in [3.8, 4) is 11.4 Å². The molecule has 2 rings (SSSR count). The third kappa shape index (κ3) is 2.80. The second-order valence-electron chi connectivity index (χ2n) is 4.28. The standard InChI is InChI=1S/C13H14ClN3/c1-8(2)11-6-12(14)17-13(16-11)10-5-4-9(3)15-7-10/h4-8H,1-3H3. The van der Waals surface area contributed by atoms with Crippen LogP contribution < -0.4 is 0 Å². The molecule has 0 radical (unpaired) electrons. The minimum atomic E-state index is 0.327. The van der Waals surface area contributed by atoms with Crippen LogP contribution in [0.25, 0.3) is 11.4 Å². The van der Waals surface area contributed by atoms with E-state index in [1.165, 1.54) is 0 Å². The SMILES string of the molecule is Cc1ccc(-c2nc(Cl)cc(C(C)C)n2)cn1. The lowest BCUT2D eigenvalue weighted by Gasteiger charge is -2.07. The molecule has 0 aliphatic carbocycles. The van der Waals surface area contributed by atoms with Gasteiger partial charge >= 0.3 is 0 Å². The molecule has 3 nitrogen and oxygen atoms in total. The molecule has 0 saturated carbocycles. The summed E-state index contributed by atoms with van der Waals surface area (Å²) in [6, 6.07) is 5.70. The maximum atomic E-state index is 6.00. The molecule has 2 heterocycles. The van der Waals surface area contributed by atoms with Gasteiger partial charge < -0.3 is 0 Å². The van der Waals surface area contributed by atoms with E-state index in [1.807, 2.05) is 19.1 Å². The molecular weight excluding hydrogens is 234 g/mol. The molecule has 2 aromatic heterocycles. The minimum absolute atomic E-state index is 0.327. The first-order valence-corrected chi connectivity index (χ1v) is 5.91. The summed E-state index contributed by atoms with van der Waals surface area (Å²) in [7, 11) is 0. The van der Waals surface area contributed by atoms with Gasteiger partial charge in [-0.2, -0.15) is 0 Å². The topological polar surface area (TPSA) is 38.7 Å². The molecular formula is C13H14ClN3. The normalized spacial score (nSPS) is 10.9. The van der Waals surface area contributed by atoms with Gasteiger partial charge in [-0.15, -0.1) is 0 Å². The largest absolute Gasteiger partial charge is 0.261 e. The molecule has 0 aliphatic rings. The molecule has 0 spiro atoms. The Morgan fingerprint density at radius 2 is 1.94 bits per heavy atom. The second-order valence-corrected chi connectivity index (χ2v) is 4.67. The molecule has 17 heavy (non-hydrogen) atoms. The summed E-state index contributed by atoms with van der Waals surface area (Å²) in [6.45, 7) is 6.10. The fourth-order valence-electron chi connectivity index (χ4n) is 1.46. The Hall–Kier alpha value is -1.48. The van der Waals surface area contributed by atoms with E-state index in [-0.39, 0.29) is 0 Å². The predicted octanol–water partition coefficient (Wildman–Crippen LogP) is 3.62. The average Bonchev–Trinajstić information content (AvgIpc) is 2.29. The number of aryl methyl sites for hydroxylation is 1. The Balaban J connectivity index is 2.48. The van der Waals surface area contributed by atoms with Gasteiger partial charge in [0.25, 0.3) is 0 Å². The van der Waals surface area contributed by atoms with Crippen molar-refractivity contribution in [1.29, 1.82) is 0 Å². The van der Waals surface area contributed by atoms with Gasteiger partial charge in [-0.1, -0.05) is 25.4 Å². The highest BCUT2D eigenvalue weighted by Crippen LogP contribution is 2.21. The summed E-state index contributed by atoms with van der Waals surface area (Å²) in [5, 5.41) is 0.472. The highest BCUT2D eigenvalue weighted by atomic mass is 35.5. The second kappa shape index (κ2) is 4.80. The first kappa shape index (κ1) is 12.0. The van der Waals surface area contributed by atoms with Crippen LogP contribution in [0.4, 0.5) is 0 Å². The van der Waals surface area contributed by atoms with Crippen LogP contribution in [0.3, 0.4) is 0 Å². The van der Waals surface area contributed by atoms with Crippen LogP contribution in [0, 0.1) is 6.92 Å². The van der Waals surface area contributed by atoms with Crippen molar-refractivity contribution >= 4 is 11.6 Å². The van der Waals surface area contributed by atoms with Crippen molar-refractivity contribution in [1.82, 2.24) is 15.0 Å². The number of nitrogens with zero attached hydrogens (tertiary/aromatic N) is 3. The predicted molar refractivity (Wildman–Crippen MR) is 69.1 cm³/mol. The minimum Gasteiger partial charge on any atom is -0.261 e. The molecule has 0 fully saturated rings. The van der Waals surface area contributed by atoms with Gasteiger partial charge in [0.2, 0.25) is 0 Å². The number of pyridine rings is 1. The zero-order valence-corrected chi connectivity index (χ0v) is 10.9. The van der Waals surface area contributed by atoms with Gasteiger partial charge in [-0.05, 0) is 31.0 Å². The molecule has 0 aliphatic heterocycles. The lowest BCUT2D eigenvalue weighted by Crippen LogP contribution is -1.98. The Labute approximate surface area is 106 Å². The van der Waals surface area contributed by atoms with E-state index in [9.17, 15) is 0 Å². The van der Waals surface area contributed by atoms with E-state index in [2.05, 4.69) is 28.8 Å². The summed E-state index contributed by atoms with van der Waals surface area (Å²) in [4.78, 5) is 13.0. The van der Waals surface area contributed by atoms with E-state index in [0.29, 0.717) is 16.9 Å².